The second kappa shape index (κ2) is 4.07. The van der Waals surface area contributed by atoms with E-state index in [1.807, 2.05) is 0 Å². The predicted molar refractivity (Wildman–Crippen MR) is 44.3 cm³/mol. The van der Waals surface area contributed by atoms with Gasteiger partial charge in [0.2, 0.25) is 5.91 Å². The van der Waals surface area contributed by atoms with Crippen LogP contribution in [0.5, 0.6) is 0 Å². The molecule has 0 aromatic carbocycles. The highest BCUT2D eigenvalue weighted by Crippen LogP contribution is 2.12. The zero-order chi connectivity index (χ0) is 9.84. The van der Waals surface area contributed by atoms with Crippen molar-refractivity contribution in [2.45, 2.75) is 26.2 Å². The van der Waals surface area contributed by atoms with E-state index in [2.05, 4.69) is 0 Å². The van der Waals surface area contributed by atoms with Gasteiger partial charge in [-0.15, -0.1) is 0 Å². The zero-order valence-corrected chi connectivity index (χ0v) is 7.58. The maximum absolute atomic E-state index is 11.1. The third-order valence-corrected chi connectivity index (χ3v) is 2.06. The summed E-state index contributed by atoms with van der Waals surface area (Å²) in [6, 6.07) is 0. The van der Waals surface area contributed by atoms with Crippen molar-refractivity contribution in [2.75, 3.05) is 6.54 Å². The largest absolute Gasteiger partial charge is 0.545 e. The van der Waals surface area contributed by atoms with E-state index in [9.17, 15) is 14.7 Å². The predicted octanol–water partition coefficient (Wildman–Crippen LogP) is -0.347. The summed E-state index contributed by atoms with van der Waals surface area (Å²) >= 11 is 0. The van der Waals surface area contributed by atoms with Crippen molar-refractivity contribution in [3.63, 3.8) is 0 Å². The van der Waals surface area contributed by atoms with E-state index in [0.29, 0.717) is 19.4 Å². The molecule has 0 N–H and O–H groups in total. The molecule has 1 fully saturated rings. The Hall–Kier alpha value is -1.32. The molecule has 0 aromatic heterocycles. The monoisotopic (exact) mass is 182 g/mol. The highest BCUT2D eigenvalue weighted by molar-refractivity contribution is 5.86. The van der Waals surface area contributed by atoms with E-state index in [-0.39, 0.29) is 11.5 Å². The van der Waals surface area contributed by atoms with Gasteiger partial charge >= 0.3 is 0 Å². The number of hydrogen-bond acceptors (Lipinski definition) is 3. The fourth-order valence-corrected chi connectivity index (χ4v) is 1.28. The van der Waals surface area contributed by atoms with Crippen LogP contribution in [0.15, 0.2) is 11.8 Å². The lowest BCUT2D eigenvalue weighted by atomic mass is 10.2. The first-order valence-electron chi connectivity index (χ1n) is 4.36. The summed E-state index contributed by atoms with van der Waals surface area (Å²) in [4.78, 5) is 23.1. The van der Waals surface area contributed by atoms with Gasteiger partial charge in [-0.05, 0) is 18.4 Å². The fourth-order valence-electron chi connectivity index (χ4n) is 1.28. The van der Waals surface area contributed by atoms with Gasteiger partial charge in [-0.3, -0.25) is 4.79 Å². The molecule has 72 valence electrons. The van der Waals surface area contributed by atoms with Crippen molar-refractivity contribution in [1.29, 1.82) is 0 Å². The van der Waals surface area contributed by atoms with Crippen molar-refractivity contribution in [2.24, 2.45) is 0 Å². The van der Waals surface area contributed by atoms with Crippen molar-refractivity contribution in [1.82, 2.24) is 4.90 Å². The first kappa shape index (κ1) is 9.77. The summed E-state index contributed by atoms with van der Waals surface area (Å²) in [5, 5.41) is 10.5. The molecule has 0 aromatic rings. The number of carbonyl (C=O) groups excluding carboxylic acids is 2. The Morgan fingerprint density at radius 2 is 2.38 bits per heavy atom. The average Bonchev–Trinajstić information content (AvgIpc) is 2.46. The van der Waals surface area contributed by atoms with E-state index in [1.165, 1.54) is 11.1 Å². The molecule has 0 unspecified atom stereocenters. The number of carboxylic acids is 1. The summed E-state index contributed by atoms with van der Waals surface area (Å²) in [6.45, 7) is 2.35. The van der Waals surface area contributed by atoms with Gasteiger partial charge in [0.25, 0.3) is 0 Å². The molecule has 1 aliphatic rings. The normalized spacial score (nSPS) is 18.1. The maximum atomic E-state index is 11.1. The topological polar surface area (TPSA) is 60.4 Å². The summed E-state index contributed by atoms with van der Waals surface area (Å²) in [5.41, 5.74) is 0.176. The molecule has 0 aliphatic carbocycles. The van der Waals surface area contributed by atoms with E-state index in [4.69, 9.17) is 0 Å². The van der Waals surface area contributed by atoms with Crippen LogP contribution in [0.4, 0.5) is 0 Å². The Bertz CT molecular complexity index is 258. The molecule has 1 rings (SSSR count). The van der Waals surface area contributed by atoms with Gasteiger partial charge in [0, 0.05) is 19.2 Å². The van der Waals surface area contributed by atoms with Crippen LogP contribution in [0.3, 0.4) is 0 Å². The average molecular weight is 182 g/mol. The molecule has 0 bridgehead atoms. The third kappa shape index (κ3) is 2.31. The van der Waals surface area contributed by atoms with E-state index in [0.717, 1.165) is 6.42 Å². The second-order valence-corrected chi connectivity index (χ2v) is 2.99. The Kier molecular flexibility index (Phi) is 3.06. The molecule has 4 heteroatoms. The summed E-state index contributed by atoms with van der Waals surface area (Å²) < 4.78 is 0. The number of aliphatic carboxylic acids is 1. The standard InChI is InChI=1S/C9H13NO3/c1-2-7(9(12)13)6-10-5-3-4-8(10)11/h6H,2-5H2,1H3,(H,12,13)/p-1. The molecular formula is C9H12NO3-. The minimum atomic E-state index is -1.19. The van der Waals surface area contributed by atoms with Crippen molar-refractivity contribution < 1.29 is 14.7 Å². The molecular weight excluding hydrogens is 170 g/mol. The van der Waals surface area contributed by atoms with Gasteiger partial charge in [0.15, 0.2) is 0 Å². The molecule has 1 saturated heterocycles. The molecule has 1 amide bonds. The van der Waals surface area contributed by atoms with Crippen LogP contribution in [0.25, 0.3) is 0 Å². The summed E-state index contributed by atoms with van der Waals surface area (Å²) in [7, 11) is 0. The van der Waals surface area contributed by atoms with Crippen LogP contribution in [0.2, 0.25) is 0 Å². The number of hydrogen-bond donors (Lipinski definition) is 0. The molecule has 0 saturated carbocycles. The number of amides is 1. The van der Waals surface area contributed by atoms with Crippen molar-refractivity contribution in [3.05, 3.63) is 11.8 Å². The third-order valence-electron chi connectivity index (χ3n) is 2.06. The number of rotatable bonds is 3. The van der Waals surface area contributed by atoms with Gasteiger partial charge < -0.3 is 14.8 Å². The molecule has 0 atom stereocenters. The minimum Gasteiger partial charge on any atom is -0.545 e. The Balaban J connectivity index is 2.71. The summed E-state index contributed by atoms with van der Waals surface area (Å²) in [6.07, 6.45) is 3.09. The maximum Gasteiger partial charge on any atom is 0.226 e. The van der Waals surface area contributed by atoms with Crippen LogP contribution in [-0.2, 0) is 9.59 Å². The van der Waals surface area contributed by atoms with E-state index >= 15 is 0 Å². The van der Waals surface area contributed by atoms with Crippen molar-refractivity contribution >= 4 is 11.9 Å². The van der Waals surface area contributed by atoms with Crippen LogP contribution in [0, 0.1) is 0 Å². The number of carboxylic acid groups (broad SMARTS) is 1. The van der Waals surface area contributed by atoms with Crippen LogP contribution >= 0.6 is 0 Å². The van der Waals surface area contributed by atoms with E-state index in [1.54, 1.807) is 6.92 Å². The summed E-state index contributed by atoms with van der Waals surface area (Å²) in [5.74, 6) is -1.20. The molecule has 1 heterocycles. The van der Waals surface area contributed by atoms with Crippen LogP contribution in [0.1, 0.15) is 26.2 Å². The zero-order valence-electron chi connectivity index (χ0n) is 7.58. The SMILES string of the molecule is CCC(=CN1CCCC1=O)C(=O)[O-]. The van der Waals surface area contributed by atoms with Gasteiger partial charge in [-0.2, -0.15) is 0 Å². The van der Waals surface area contributed by atoms with Crippen LogP contribution in [-0.4, -0.2) is 23.3 Å². The number of carbonyl (C=O) groups is 2. The number of likely N-dealkylation sites (tertiary alicyclic amines) is 1. The Labute approximate surface area is 76.8 Å². The number of nitrogens with zero attached hydrogens (tertiary/aromatic N) is 1. The highest BCUT2D eigenvalue weighted by atomic mass is 16.4. The van der Waals surface area contributed by atoms with Crippen molar-refractivity contribution in [3.8, 4) is 0 Å². The Morgan fingerprint density at radius 3 is 2.77 bits per heavy atom. The first-order valence-corrected chi connectivity index (χ1v) is 4.36. The molecule has 4 nitrogen and oxygen atoms in total. The lowest BCUT2D eigenvalue weighted by Gasteiger charge is -2.13. The lowest BCUT2D eigenvalue weighted by molar-refractivity contribution is -0.299. The smallest absolute Gasteiger partial charge is 0.226 e. The Morgan fingerprint density at radius 1 is 1.69 bits per heavy atom. The fraction of sp³-hybridized carbons (Fsp3) is 0.556. The highest BCUT2D eigenvalue weighted by Gasteiger charge is 2.18. The van der Waals surface area contributed by atoms with Gasteiger partial charge in [0.05, 0.1) is 5.97 Å². The van der Waals surface area contributed by atoms with E-state index < -0.39 is 5.97 Å². The van der Waals surface area contributed by atoms with Gasteiger partial charge in [0.1, 0.15) is 0 Å². The first-order chi connectivity index (χ1) is 6.15. The molecule has 1 aliphatic heterocycles. The molecule has 0 radical (unpaired) electrons. The van der Waals surface area contributed by atoms with Gasteiger partial charge in [-0.1, -0.05) is 6.92 Å². The van der Waals surface area contributed by atoms with Gasteiger partial charge in [-0.25, -0.2) is 0 Å². The quantitative estimate of drug-likeness (QED) is 0.560. The van der Waals surface area contributed by atoms with Crippen LogP contribution < -0.4 is 5.11 Å². The molecule has 13 heavy (non-hydrogen) atoms. The molecule has 0 spiro atoms. The lowest BCUT2D eigenvalue weighted by Crippen LogP contribution is -2.27. The second-order valence-electron chi connectivity index (χ2n) is 2.99. The minimum absolute atomic E-state index is 0.00722.